The fourth-order valence-electron chi connectivity index (χ4n) is 6.85. The molecule has 1 N–H and O–H groups in total. The van der Waals surface area contributed by atoms with Crippen LogP contribution in [0, 0.1) is 42.7 Å². The Bertz CT molecular complexity index is 1340. The van der Waals surface area contributed by atoms with Crippen molar-refractivity contribution in [2.45, 2.75) is 45.2 Å². The summed E-state index contributed by atoms with van der Waals surface area (Å²) in [6.45, 7) is 6.24. The van der Waals surface area contributed by atoms with Crippen molar-refractivity contribution in [3.63, 3.8) is 0 Å². The van der Waals surface area contributed by atoms with Crippen LogP contribution in [0.25, 0.3) is 0 Å². The van der Waals surface area contributed by atoms with Gasteiger partial charge in [0.1, 0.15) is 5.54 Å². The average Bonchev–Trinajstić information content (AvgIpc) is 3.48. The molecule has 0 bridgehead atoms. The summed E-state index contributed by atoms with van der Waals surface area (Å²) >= 11 is 0. The van der Waals surface area contributed by atoms with Crippen LogP contribution in [0.15, 0.2) is 30.3 Å². The fourth-order valence-corrected chi connectivity index (χ4v) is 6.85. The maximum absolute atomic E-state index is 14.1. The van der Waals surface area contributed by atoms with E-state index in [9.17, 15) is 24.5 Å². The molecular formula is C25H24N4O5. The van der Waals surface area contributed by atoms with Crippen LogP contribution < -0.4 is 10.2 Å². The summed E-state index contributed by atoms with van der Waals surface area (Å²) in [5.74, 6) is -2.67. The average molecular weight is 460 g/mol. The van der Waals surface area contributed by atoms with Gasteiger partial charge in [0.2, 0.25) is 17.7 Å². The van der Waals surface area contributed by atoms with Crippen molar-refractivity contribution in [3.8, 4) is 0 Å². The Hall–Kier alpha value is -3.59. The summed E-state index contributed by atoms with van der Waals surface area (Å²) in [7, 11) is 0. The van der Waals surface area contributed by atoms with E-state index in [0.717, 1.165) is 34.4 Å². The Morgan fingerprint density at radius 1 is 1.06 bits per heavy atom. The van der Waals surface area contributed by atoms with Gasteiger partial charge in [0.15, 0.2) is 0 Å². The Balaban J connectivity index is 1.57. The van der Waals surface area contributed by atoms with E-state index in [2.05, 4.69) is 10.2 Å². The Morgan fingerprint density at radius 2 is 1.82 bits per heavy atom. The Kier molecular flexibility index (Phi) is 4.15. The summed E-state index contributed by atoms with van der Waals surface area (Å²) in [6, 6.07) is 7.90. The van der Waals surface area contributed by atoms with E-state index < -0.39 is 28.2 Å². The predicted octanol–water partition coefficient (Wildman–Crippen LogP) is 2.95. The van der Waals surface area contributed by atoms with Gasteiger partial charge >= 0.3 is 0 Å². The van der Waals surface area contributed by atoms with Crippen molar-refractivity contribution in [1.29, 1.82) is 0 Å². The van der Waals surface area contributed by atoms with Gasteiger partial charge in [0.05, 0.1) is 22.4 Å². The van der Waals surface area contributed by atoms with E-state index >= 15 is 0 Å². The highest BCUT2D eigenvalue weighted by molar-refractivity contribution is 6.26. The third kappa shape index (κ3) is 2.34. The zero-order valence-electron chi connectivity index (χ0n) is 19.1. The van der Waals surface area contributed by atoms with Gasteiger partial charge in [-0.3, -0.25) is 29.4 Å². The van der Waals surface area contributed by atoms with Crippen LogP contribution in [0.1, 0.15) is 35.1 Å². The zero-order valence-corrected chi connectivity index (χ0v) is 19.1. The molecule has 0 aliphatic carbocycles. The first-order chi connectivity index (χ1) is 16.2. The van der Waals surface area contributed by atoms with E-state index in [1.807, 2.05) is 26.0 Å². The van der Waals surface area contributed by atoms with Gasteiger partial charge in [0.25, 0.3) is 5.69 Å². The number of amides is 3. The van der Waals surface area contributed by atoms with Crippen molar-refractivity contribution >= 4 is 34.8 Å². The minimum absolute atomic E-state index is 0.189. The van der Waals surface area contributed by atoms with E-state index in [0.29, 0.717) is 17.8 Å². The van der Waals surface area contributed by atoms with Gasteiger partial charge in [0, 0.05) is 29.4 Å². The number of hydrogen-bond acceptors (Lipinski definition) is 6. The van der Waals surface area contributed by atoms with Crippen molar-refractivity contribution in [1.82, 2.24) is 4.90 Å². The number of carbonyl (C=O) groups is 3. The SMILES string of the molecule is Cc1cc(C)c2c(c1)C1(C(=O)N2)C2C(=O)N(c3cc([N+](=O)[O-])ccc3C)C(=O)C2C2CCCN21. The van der Waals surface area contributed by atoms with Crippen LogP contribution >= 0.6 is 0 Å². The first-order valence-corrected chi connectivity index (χ1v) is 11.5. The molecule has 34 heavy (non-hydrogen) atoms. The number of nitrogens with one attached hydrogen (secondary N) is 1. The number of non-ortho nitro benzene ring substituents is 1. The second kappa shape index (κ2) is 6.73. The Morgan fingerprint density at radius 3 is 2.56 bits per heavy atom. The number of aryl methyl sites for hydroxylation is 3. The van der Waals surface area contributed by atoms with Crippen molar-refractivity contribution in [3.05, 3.63) is 62.7 Å². The number of rotatable bonds is 2. The minimum Gasteiger partial charge on any atom is -0.324 e. The number of imide groups is 1. The number of nitro groups is 1. The molecule has 1 spiro atoms. The van der Waals surface area contributed by atoms with Crippen LogP contribution in [0.5, 0.6) is 0 Å². The number of benzene rings is 2. The lowest BCUT2D eigenvalue weighted by Gasteiger charge is -2.37. The maximum atomic E-state index is 14.1. The molecule has 3 fully saturated rings. The smallest absolute Gasteiger partial charge is 0.271 e. The number of hydrogen-bond donors (Lipinski definition) is 1. The van der Waals surface area contributed by atoms with Gasteiger partial charge in [-0.15, -0.1) is 0 Å². The molecule has 0 saturated carbocycles. The molecule has 4 atom stereocenters. The number of nitro benzene ring substituents is 1. The molecule has 2 aromatic carbocycles. The lowest BCUT2D eigenvalue weighted by Crippen LogP contribution is -2.54. The second-order valence-corrected chi connectivity index (χ2v) is 9.87. The van der Waals surface area contributed by atoms with Crippen LogP contribution in [0.3, 0.4) is 0 Å². The molecule has 4 unspecified atom stereocenters. The molecule has 6 rings (SSSR count). The number of carbonyl (C=O) groups excluding carboxylic acids is 3. The third-order valence-corrected chi connectivity index (χ3v) is 8.09. The molecule has 4 aliphatic rings. The number of fused-ring (bicyclic) bond motifs is 7. The molecule has 4 aliphatic heterocycles. The normalized spacial score (nSPS) is 29.6. The second-order valence-electron chi connectivity index (χ2n) is 9.87. The van der Waals surface area contributed by atoms with Crippen molar-refractivity contribution in [2.24, 2.45) is 11.8 Å². The number of nitrogens with zero attached hydrogens (tertiary/aromatic N) is 3. The first kappa shape index (κ1) is 21.0. The lowest BCUT2D eigenvalue weighted by molar-refractivity contribution is -0.384. The van der Waals surface area contributed by atoms with E-state index in [4.69, 9.17) is 0 Å². The summed E-state index contributed by atoms with van der Waals surface area (Å²) < 4.78 is 0. The highest BCUT2D eigenvalue weighted by atomic mass is 16.6. The highest BCUT2D eigenvalue weighted by Crippen LogP contribution is 2.61. The lowest BCUT2D eigenvalue weighted by atomic mass is 9.75. The van der Waals surface area contributed by atoms with Gasteiger partial charge in [-0.2, -0.15) is 0 Å². The van der Waals surface area contributed by atoms with E-state index in [1.54, 1.807) is 13.0 Å². The van der Waals surface area contributed by atoms with Crippen LogP contribution in [0.2, 0.25) is 0 Å². The van der Waals surface area contributed by atoms with Crippen molar-refractivity contribution < 1.29 is 19.3 Å². The maximum Gasteiger partial charge on any atom is 0.271 e. The molecule has 0 radical (unpaired) electrons. The van der Waals surface area contributed by atoms with E-state index in [1.165, 1.54) is 12.1 Å². The van der Waals surface area contributed by atoms with Crippen LogP contribution in [-0.2, 0) is 19.9 Å². The Labute approximate surface area is 195 Å². The van der Waals surface area contributed by atoms with Gasteiger partial charge < -0.3 is 5.32 Å². The third-order valence-electron chi connectivity index (χ3n) is 8.09. The standard InChI is InChI=1S/C25H24N4O5/c1-12-9-14(3)21-16(10-12)25(24(32)26-21)20-19(17-5-4-8-27(17)25)22(30)28(23(20)31)18-11-15(29(33)34)7-6-13(18)2/h6-7,9-11,17,19-20H,4-5,8H2,1-3H3,(H,26,32). The predicted molar refractivity (Wildman–Crippen MR) is 123 cm³/mol. The highest BCUT2D eigenvalue weighted by Gasteiger charge is 2.74. The van der Waals surface area contributed by atoms with Gasteiger partial charge in [-0.25, -0.2) is 4.90 Å². The van der Waals surface area contributed by atoms with Crippen molar-refractivity contribution in [2.75, 3.05) is 16.8 Å². The summed E-state index contributed by atoms with van der Waals surface area (Å²) in [4.78, 5) is 55.7. The summed E-state index contributed by atoms with van der Waals surface area (Å²) in [6.07, 6.45) is 1.55. The molecule has 3 saturated heterocycles. The quantitative estimate of drug-likeness (QED) is 0.419. The largest absolute Gasteiger partial charge is 0.324 e. The summed E-state index contributed by atoms with van der Waals surface area (Å²) in [5, 5.41) is 14.4. The van der Waals surface area contributed by atoms with Gasteiger partial charge in [-0.05, 0) is 51.3 Å². The minimum atomic E-state index is -1.26. The molecule has 0 aromatic heterocycles. The topological polar surface area (TPSA) is 113 Å². The first-order valence-electron chi connectivity index (χ1n) is 11.5. The molecule has 9 nitrogen and oxygen atoms in total. The molecule has 174 valence electrons. The fraction of sp³-hybridized carbons (Fsp3) is 0.400. The summed E-state index contributed by atoms with van der Waals surface area (Å²) in [5.41, 5.74) is 2.74. The molecular weight excluding hydrogens is 436 g/mol. The molecule has 9 heteroatoms. The van der Waals surface area contributed by atoms with Crippen LogP contribution in [0.4, 0.5) is 17.1 Å². The molecule has 3 amide bonds. The van der Waals surface area contributed by atoms with E-state index in [-0.39, 0.29) is 29.2 Å². The van der Waals surface area contributed by atoms with Crippen LogP contribution in [-0.4, -0.2) is 40.1 Å². The molecule has 4 heterocycles. The zero-order chi connectivity index (χ0) is 24.1. The molecule has 2 aromatic rings. The van der Waals surface area contributed by atoms with Gasteiger partial charge in [-0.1, -0.05) is 23.8 Å². The number of anilines is 2. The monoisotopic (exact) mass is 460 g/mol.